The molecular formula is C14H11F5N2O2. The van der Waals surface area contributed by atoms with Crippen molar-refractivity contribution in [1.82, 2.24) is 9.88 Å². The van der Waals surface area contributed by atoms with Crippen molar-refractivity contribution in [2.24, 2.45) is 0 Å². The van der Waals surface area contributed by atoms with Crippen molar-refractivity contribution in [3.05, 3.63) is 29.7 Å². The Labute approximate surface area is 126 Å². The highest BCUT2D eigenvalue weighted by atomic mass is 19.4. The van der Waals surface area contributed by atoms with Crippen molar-refractivity contribution in [3.8, 4) is 0 Å². The highest BCUT2D eigenvalue weighted by Gasteiger charge is 2.62. The minimum Gasteiger partial charge on any atom is -0.435 e. The van der Waals surface area contributed by atoms with Crippen LogP contribution in [0.1, 0.15) is 29.1 Å². The maximum absolute atomic E-state index is 13.2. The van der Waals surface area contributed by atoms with Gasteiger partial charge in [-0.1, -0.05) is 0 Å². The number of amides is 1. The molecule has 1 aliphatic rings. The van der Waals surface area contributed by atoms with Crippen LogP contribution in [0.5, 0.6) is 0 Å². The van der Waals surface area contributed by atoms with Gasteiger partial charge in [0.05, 0.1) is 0 Å². The Kier molecular flexibility index (Phi) is 3.53. The quantitative estimate of drug-likeness (QED) is 0.787. The number of benzene rings is 1. The predicted molar refractivity (Wildman–Crippen MR) is 69.1 cm³/mol. The molecule has 4 nitrogen and oxygen atoms in total. The minimum absolute atomic E-state index is 0.164. The molecule has 0 saturated carbocycles. The van der Waals surface area contributed by atoms with Crippen molar-refractivity contribution < 1.29 is 31.2 Å². The molecule has 9 heteroatoms. The van der Waals surface area contributed by atoms with Crippen LogP contribution >= 0.6 is 0 Å². The van der Waals surface area contributed by atoms with E-state index in [1.807, 2.05) is 0 Å². The van der Waals surface area contributed by atoms with Crippen LogP contribution in [0.15, 0.2) is 22.6 Å². The Morgan fingerprint density at radius 3 is 2.39 bits per heavy atom. The van der Waals surface area contributed by atoms with E-state index in [0.29, 0.717) is 13.1 Å². The van der Waals surface area contributed by atoms with Crippen molar-refractivity contribution in [3.63, 3.8) is 0 Å². The van der Waals surface area contributed by atoms with Gasteiger partial charge in [0.2, 0.25) is 0 Å². The highest BCUT2D eigenvalue weighted by Crippen LogP contribution is 2.44. The summed E-state index contributed by atoms with van der Waals surface area (Å²) in [6.45, 7) is 1.18. The fourth-order valence-corrected chi connectivity index (χ4v) is 2.42. The molecule has 1 aromatic heterocycles. The van der Waals surface area contributed by atoms with Crippen molar-refractivity contribution in [2.75, 3.05) is 13.1 Å². The van der Waals surface area contributed by atoms with Gasteiger partial charge >= 0.3 is 12.1 Å². The van der Waals surface area contributed by atoms with Gasteiger partial charge in [-0.2, -0.15) is 22.0 Å². The molecule has 124 valence electrons. The Hall–Kier alpha value is -2.19. The molecule has 2 aromatic rings. The van der Waals surface area contributed by atoms with Crippen LogP contribution in [-0.2, 0) is 5.92 Å². The molecule has 1 aliphatic heterocycles. The van der Waals surface area contributed by atoms with Gasteiger partial charge < -0.3 is 9.32 Å². The Bertz CT molecular complexity index is 747. The van der Waals surface area contributed by atoms with Crippen LogP contribution in [0.25, 0.3) is 11.1 Å². The molecule has 1 amide bonds. The van der Waals surface area contributed by atoms with Crippen LogP contribution in [0, 0.1) is 0 Å². The van der Waals surface area contributed by atoms with E-state index in [1.165, 1.54) is 12.1 Å². The zero-order valence-corrected chi connectivity index (χ0v) is 11.7. The lowest BCUT2D eigenvalue weighted by Crippen LogP contribution is -2.33. The van der Waals surface area contributed by atoms with Crippen molar-refractivity contribution in [2.45, 2.75) is 24.9 Å². The number of likely N-dealkylation sites (tertiary alicyclic amines) is 1. The van der Waals surface area contributed by atoms with E-state index < -0.39 is 18.0 Å². The molecule has 3 rings (SSSR count). The number of alkyl halides is 5. The third kappa shape index (κ3) is 2.64. The smallest absolute Gasteiger partial charge is 0.435 e. The number of carbonyl (C=O) groups excluding carboxylic acids is 1. The van der Waals surface area contributed by atoms with E-state index in [4.69, 9.17) is 0 Å². The molecule has 0 unspecified atom stereocenters. The fraction of sp³-hybridized carbons (Fsp3) is 0.429. The summed E-state index contributed by atoms with van der Waals surface area (Å²) in [4.78, 5) is 17.0. The Morgan fingerprint density at radius 2 is 1.78 bits per heavy atom. The monoisotopic (exact) mass is 334 g/mol. The first kappa shape index (κ1) is 15.7. The van der Waals surface area contributed by atoms with E-state index in [9.17, 15) is 26.7 Å². The minimum atomic E-state index is -5.80. The summed E-state index contributed by atoms with van der Waals surface area (Å²) < 4.78 is 68.1. The first-order valence-electron chi connectivity index (χ1n) is 6.85. The summed E-state index contributed by atoms with van der Waals surface area (Å²) in [6, 6.07) is 3.66. The van der Waals surface area contributed by atoms with Gasteiger partial charge in [-0.05, 0) is 31.0 Å². The van der Waals surface area contributed by atoms with Gasteiger partial charge in [0.25, 0.3) is 11.8 Å². The number of nitrogens with zero attached hydrogens (tertiary/aromatic N) is 2. The van der Waals surface area contributed by atoms with E-state index in [2.05, 4.69) is 9.40 Å². The van der Waals surface area contributed by atoms with Gasteiger partial charge in [-0.15, -0.1) is 0 Å². The van der Waals surface area contributed by atoms with Crippen LogP contribution in [0.3, 0.4) is 0 Å². The second kappa shape index (κ2) is 5.17. The predicted octanol–water partition coefficient (Wildman–Crippen LogP) is 3.72. The standard InChI is InChI=1S/C14H11F5N2O2/c15-13(16,14(17,18)19)12-20-9-4-3-8(7-10(9)23-12)11(22)21-5-1-2-6-21/h3-4,7H,1-2,5-6H2. The largest absolute Gasteiger partial charge is 0.463 e. The molecule has 0 radical (unpaired) electrons. The lowest BCUT2D eigenvalue weighted by molar-refractivity contribution is -0.297. The third-order valence-corrected chi connectivity index (χ3v) is 3.65. The number of rotatable bonds is 2. The summed E-state index contributed by atoms with van der Waals surface area (Å²) in [5.74, 6) is -7.23. The molecule has 0 atom stereocenters. The average molecular weight is 334 g/mol. The zero-order valence-electron chi connectivity index (χ0n) is 11.7. The number of hydrogen-bond acceptors (Lipinski definition) is 3. The maximum Gasteiger partial charge on any atom is 0.463 e. The third-order valence-electron chi connectivity index (χ3n) is 3.65. The lowest BCUT2D eigenvalue weighted by Gasteiger charge is -2.15. The first-order valence-corrected chi connectivity index (χ1v) is 6.85. The van der Waals surface area contributed by atoms with Crippen LogP contribution in [0.4, 0.5) is 22.0 Å². The van der Waals surface area contributed by atoms with E-state index in [0.717, 1.165) is 18.9 Å². The van der Waals surface area contributed by atoms with E-state index in [-0.39, 0.29) is 22.6 Å². The summed E-state index contributed by atoms with van der Waals surface area (Å²) in [5, 5.41) is 0. The molecule has 0 N–H and O–H groups in total. The van der Waals surface area contributed by atoms with Crippen LogP contribution in [0.2, 0.25) is 0 Å². The zero-order chi connectivity index (χ0) is 16.8. The van der Waals surface area contributed by atoms with Gasteiger partial charge in [-0.25, -0.2) is 4.98 Å². The number of aromatic nitrogens is 1. The molecule has 1 aromatic carbocycles. The molecule has 0 spiro atoms. The number of hydrogen-bond donors (Lipinski definition) is 0. The van der Waals surface area contributed by atoms with Gasteiger partial charge in [0.15, 0.2) is 5.58 Å². The summed E-state index contributed by atoms with van der Waals surface area (Å²) in [7, 11) is 0. The van der Waals surface area contributed by atoms with Crippen molar-refractivity contribution >= 4 is 17.0 Å². The second-order valence-corrected chi connectivity index (χ2v) is 5.27. The lowest BCUT2D eigenvalue weighted by atomic mass is 10.2. The average Bonchev–Trinajstić information content (AvgIpc) is 3.13. The topological polar surface area (TPSA) is 46.3 Å². The molecule has 2 heterocycles. The number of halogens is 5. The number of oxazole rings is 1. The SMILES string of the molecule is O=C(c1ccc2nc(C(F)(F)C(F)(F)F)oc2c1)N1CCCC1. The Morgan fingerprint density at radius 1 is 1.13 bits per heavy atom. The number of carbonyl (C=O) groups is 1. The van der Waals surface area contributed by atoms with Crippen LogP contribution < -0.4 is 0 Å². The fourth-order valence-electron chi connectivity index (χ4n) is 2.42. The van der Waals surface area contributed by atoms with Crippen molar-refractivity contribution in [1.29, 1.82) is 0 Å². The second-order valence-electron chi connectivity index (χ2n) is 5.27. The van der Waals surface area contributed by atoms with Gasteiger partial charge in [0, 0.05) is 18.7 Å². The molecule has 23 heavy (non-hydrogen) atoms. The van der Waals surface area contributed by atoms with Crippen LogP contribution in [-0.4, -0.2) is 35.1 Å². The Balaban J connectivity index is 1.96. The molecule has 1 fully saturated rings. The van der Waals surface area contributed by atoms with Gasteiger partial charge in [0.1, 0.15) is 5.52 Å². The number of fused-ring (bicyclic) bond motifs is 1. The maximum atomic E-state index is 13.2. The summed E-state index contributed by atoms with van der Waals surface area (Å²) in [5.41, 5.74) is -0.284. The first-order chi connectivity index (χ1) is 10.7. The van der Waals surface area contributed by atoms with E-state index in [1.54, 1.807) is 4.90 Å². The molecule has 0 bridgehead atoms. The summed E-state index contributed by atoms with van der Waals surface area (Å²) >= 11 is 0. The summed E-state index contributed by atoms with van der Waals surface area (Å²) in [6.07, 6.45) is -4.06. The molecule has 0 aliphatic carbocycles. The van der Waals surface area contributed by atoms with E-state index >= 15 is 0 Å². The highest BCUT2D eigenvalue weighted by molar-refractivity contribution is 5.97. The molecular weight excluding hydrogens is 323 g/mol. The van der Waals surface area contributed by atoms with Gasteiger partial charge in [-0.3, -0.25) is 4.79 Å². The molecule has 1 saturated heterocycles. The normalized spacial score (nSPS) is 16.3.